The van der Waals surface area contributed by atoms with Gasteiger partial charge in [-0.1, -0.05) is 0 Å². The molecule has 0 spiro atoms. The van der Waals surface area contributed by atoms with Crippen molar-refractivity contribution in [1.29, 1.82) is 0 Å². The Bertz CT molecular complexity index is 227. The van der Waals surface area contributed by atoms with Crippen molar-refractivity contribution in [2.45, 2.75) is 20.0 Å². The number of ether oxygens (including phenoxy) is 1. The van der Waals surface area contributed by atoms with Crippen LogP contribution in [0.25, 0.3) is 0 Å². The summed E-state index contributed by atoms with van der Waals surface area (Å²) in [6.45, 7) is 3.33. The average molecular weight is 180 g/mol. The van der Waals surface area contributed by atoms with Crippen LogP contribution in [-0.4, -0.2) is 32.5 Å². The van der Waals surface area contributed by atoms with Crippen molar-refractivity contribution in [1.82, 2.24) is 0 Å². The number of sulfone groups is 1. The summed E-state index contributed by atoms with van der Waals surface area (Å²) >= 11 is 0. The molecule has 0 unspecified atom stereocenters. The summed E-state index contributed by atoms with van der Waals surface area (Å²) in [7, 11) is -3.24. The fourth-order valence-electron chi connectivity index (χ4n) is 0.511. The molecule has 0 aliphatic rings. The van der Waals surface area contributed by atoms with E-state index in [4.69, 9.17) is 0 Å². The van der Waals surface area contributed by atoms with Gasteiger partial charge in [-0.25, -0.2) is 8.42 Å². The Labute approximate surface area is 66.5 Å². The summed E-state index contributed by atoms with van der Waals surface area (Å²) in [5.41, 5.74) is 0. The van der Waals surface area contributed by atoms with Crippen LogP contribution in [-0.2, 0) is 19.4 Å². The molecule has 66 valence electrons. The van der Waals surface area contributed by atoms with Gasteiger partial charge in [0.25, 0.3) is 0 Å². The highest BCUT2D eigenvalue weighted by molar-refractivity contribution is 7.91. The van der Waals surface area contributed by atoms with E-state index in [2.05, 4.69) is 4.74 Å². The van der Waals surface area contributed by atoms with Gasteiger partial charge in [-0.05, 0) is 13.8 Å². The third-order valence-electron chi connectivity index (χ3n) is 0.747. The second-order valence-corrected chi connectivity index (χ2v) is 4.75. The van der Waals surface area contributed by atoms with Crippen LogP contribution in [0.5, 0.6) is 0 Å². The standard InChI is InChI=1S/C6H12O4S/c1-5(2)10-6(7)4-11(3,8)9/h5H,4H2,1-3H3. The lowest BCUT2D eigenvalue weighted by molar-refractivity contribution is -0.144. The van der Waals surface area contributed by atoms with Crippen molar-refractivity contribution < 1.29 is 17.9 Å². The number of esters is 1. The Balaban J connectivity index is 3.91. The second kappa shape index (κ2) is 3.71. The first-order valence-electron chi connectivity index (χ1n) is 3.18. The van der Waals surface area contributed by atoms with Crippen molar-refractivity contribution in [2.24, 2.45) is 0 Å². The minimum atomic E-state index is -3.24. The number of rotatable bonds is 3. The minimum Gasteiger partial charge on any atom is -0.462 e. The van der Waals surface area contributed by atoms with Gasteiger partial charge in [0.2, 0.25) is 0 Å². The Morgan fingerprint density at radius 1 is 1.45 bits per heavy atom. The van der Waals surface area contributed by atoms with E-state index in [1.54, 1.807) is 13.8 Å². The molecule has 0 radical (unpaired) electrons. The van der Waals surface area contributed by atoms with Gasteiger partial charge < -0.3 is 4.74 Å². The first-order valence-corrected chi connectivity index (χ1v) is 5.24. The van der Waals surface area contributed by atoms with Crippen LogP contribution >= 0.6 is 0 Å². The summed E-state index contributed by atoms with van der Waals surface area (Å²) in [4.78, 5) is 10.7. The predicted octanol–water partition coefficient (Wildman–Crippen LogP) is -0.0174. The molecule has 11 heavy (non-hydrogen) atoms. The summed E-state index contributed by atoms with van der Waals surface area (Å²) in [6, 6.07) is 0. The highest BCUT2D eigenvalue weighted by Gasteiger charge is 2.12. The molecule has 0 aromatic carbocycles. The molecule has 0 saturated heterocycles. The third kappa shape index (κ3) is 7.32. The molecule has 0 rings (SSSR count). The quantitative estimate of drug-likeness (QED) is 0.573. The fraction of sp³-hybridized carbons (Fsp3) is 0.833. The van der Waals surface area contributed by atoms with Crippen LogP contribution in [0.2, 0.25) is 0 Å². The summed E-state index contributed by atoms with van der Waals surface area (Å²) < 4.78 is 25.7. The number of carbonyl (C=O) groups excluding carboxylic acids is 1. The largest absolute Gasteiger partial charge is 0.462 e. The molecule has 0 aliphatic carbocycles. The number of hydrogen-bond donors (Lipinski definition) is 0. The highest BCUT2D eigenvalue weighted by atomic mass is 32.2. The lowest BCUT2D eigenvalue weighted by atomic mass is 10.5. The lowest BCUT2D eigenvalue weighted by Crippen LogP contribution is -2.20. The zero-order valence-electron chi connectivity index (χ0n) is 6.83. The van der Waals surface area contributed by atoms with Crippen molar-refractivity contribution in [3.05, 3.63) is 0 Å². The molecule has 0 saturated carbocycles. The smallest absolute Gasteiger partial charge is 0.321 e. The molecule has 0 amide bonds. The van der Waals surface area contributed by atoms with Gasteiger partial charge in [0.1, 0.15) is 5.75 Å². The molecule has 5 heteroatoms. The van der Waals surface area contributed by atoms with Gasteiger partial charge in [-0.15, -0.1) is 0 Å². The van der Waals surface area contributed by atoms with Gasteiger partial charge in [0, 0.05) is 6.26 Å². The average Bonchev–Trinajstić information content (AvgIpc) is 1.53. The van der Waals surface area contributed by atoms with E-state index < -0.39 is 21.6 Å². The van der Waals surface area contributed by atoms with Crippen LogP contribution in [0, 0.1) is 0 Å². The van der Waals surface area contributed by atoms with Crippen LogP contribution < -0.4 is 0 Å². The van der Waals surface area contributed by atoms with E-state index in [0.717, 1.165) is 6.26 Å². The number of carbonyl (C=O) groups is 1. The van der Waals surface area contributed by atoms with E-state index in [-0.39, 0.29) is 6.10 Å². The predicted molar refractivity (Wildman–Crippen MR) is 40.9 cm³/mol. The highest BCUT2D eigenvalue weighted by Crippen LogP contribution is 1.92. The van der Waals surface area contributed by atoms with Gasteiger partial charge >= 0.3 is 5.97 Å². The Kier molecular flexibility index (Phi) is 3.51. The Hall–Kier alpha value is -0.580. The monoisotopic (exact) mass is 180 g/mol. The van der Waals surface area contributed by atoms with Crippen LogP contribution in [0.1, 0.15) is 13.8 Å². The number of hydrogen-bond acceptors (Lipinski definition) is 4. The third-order valence-corrected chi connectivity index (χ3v) is 1.51. The topological polar surface area (TPSA) is 60.4 Å². The molecule has 0 N–H and O–H groups in total. The van der Waals surface area contributed by atoms with Crippen molar-refractivity contribution >= 4 is 15.8 Å². The van der Waals surface area contributed by atoms with E-state index >= 15 is 0 Å². The first-order chi connectivity index (χ1) is 4.81. The van der Waals surface area contributed by atoms with Gasteiger partial charge in [-0.3, -0.25) is 4.79 Å². The van der Waals surface area contributed by atoms with Crippen molar-refractivity contribution in [2.75, 3.05) is 12.0 Å². The molecular weight excluding hydrogens is 168 g/mol. The van der Waals surface area contributed by atoms with E-state index in [0.29, 0.717) is 0 Å². The Morgan fingerprint density at radius 2 is 1.91 bits per heavy atom. The molecular formula is C6H12O4S. The molecule has 0 aromatic heterocycles. The second-order valence-electron chi connectivity index (χ2n) is 2.61. The fourth-order valence-corrected chi connectivity index (χ4v) is 1.01. The molecule has 4 nitrogen and oxygen atoms in total. The Morgan fingerprint density at radius 3 is 2.18 bits per heavy atom. The van der Waals surface area contributed by atoms with E-state index in [9.17, 15) is 13.2 Å². The van der Waals surface area contributed by atoms with Crippen molar-refractivity contribution in [3.63, 3.8) is 0 Å². The first kappa shape index (κ1) is 10.4. The molecule has 0 heterocycles. The molecule has 0 aromatic rings. The maximum absolute atomic E-state index is 10.7. The summed E-state index contributed by atoms with van der Waals surface area (Å²) in [6.07, 6.45) is 0.735. The van der Waals surface area contributed by atoms with Crippen LogP contribution in [0.4, 0.5) is 0 Å². The van der Waals surface area contributed by atoms with E-state index in [1.807, 2.05) is 0 Å². The molecule has 0 aliphatic heterocycles. The maximum atomic E-state index is 10.7. The zero-order valence-corrected chi connectivity index (χ0v) is 7.64. The van der Waals surface area contributed by atoms with Gasteiger partial charge in [0.05, 0.1) is 6.10 Å². The zero-order chi connectivity index (χ0) is 9.07. The van der Waals surface area contributed by atoms with Gasteiger partial charge in [-0.2, -0.15) is 0 Å². The van der Waals surface area contributed by atoms with Crippen LogP contribution in [0.15, 0.2) is 0 Å². The maximum Gasteiger partial charge on any atom is 0.321 e. The molecule has 0 atom stereocenters. The van der Waals surface area contributed by atoms with Gasteiger partial charge in [0.15, 0.2) is 9.84 Å². The molecule has 0 fully saturated rings. The van der Waals surface area contributed by atoms with Crippen LogP contribution in [0.3, 0.4) is 0 Å². The normalized spacial score (nSPS) is 11.6. The van der Waals surface area contributed by atoms with E-state index in [1.165, 1.54) is 0 Å². The lowest BCUT2D eigenvalue weighted by Gasteiger charge is -2.05. The molecule has 0 bridgehead atoms. The summed E-state index contributed by atoms with van der Waals surface area (Å²) in [5.74, 6) is -1.23. The SMILES string of the molecule is CC(C)OC(=O)CS(C)(=O)=O. The summed E-state index contributed by atoms with van der Waals surface area (Å²) in [5, 5.41) is 0. The van der Waals surface area contributed by atoms with Crippen molar-refractivity contribution in [3.8, 4) is 0 Å². The minimum absolute atomic E-state index is 0.260.